The van der Waals surface area contributed by atoms with Gasteiger partial charge in [0.15, 0.2) is 0 Å². The zero-order chi connectivity index (χ0) is 16.1. The molecule has 23 heavy (non-hydrogen) atoms. The van der Waals surface area contributed by atoms with Crippen LogP contribution in [0.5, 0.6) is 11.5 Å². The van der Waals surface area contributed by atoms with Crippen molar-refractivity contribution in [3.05, 3.63) is 54.4 Å². The van der Waals surface area contributed by atoms with Gasteiger partial charge in [-0.2, -0.15) is 0 Å². The molecule has 2 N–H and O–H groups in total. The van der Waals surface area contributed by atoms with Crippen molar-refractivity contribution in [2.45, 2.75) is 25.3 Å². The minimum Gasteiger partial charge on any atom is -0.457 e. The third-order valence-corrected chi connectivity index (χ3v) is 4.13. The SMILES string of the molecule is NCC1CCCCN1C(=O)c1cccc(Oc2ccncc2)c1. The number of nitrogens with zero attached hydrogens (tertiary/aromatic N) is 2. The van der Waals surface area contributed by atoms with Crippen LogP contribution in [0, 0.1) is 0 Å². The van der Waals surface area contributed by atoms with Crippen LogP contribution in [0.25, 0.3) is 0 Å². The largest absolute Gasteiger partial charge is 0.457 e. The maximum atomic E-state index is 12.8. The van der Waals surface area contributed by atoms with E-state index in [1.54, 1.807) is 30.6 Å². The lowest BCUT2D eigenvalue weighted by molar-refractivity contribution is 0.0623. The van der Waals surface area contributed by atoms with E-state index in [1.165, 1.54) is 0 Å². The quantitative estimate of drug-likeness (QED) is 0.942. The monoisotopic (exact) mass is 311 g/mol. The Morgan fingerprint density at radius 2 is 2.04 bits per heavy atom. The van der Waals surface area contributed by atoms with Crippen molar-refractivity contribution in [1.29, 1.82) is 0 Å². The Morgan fingerprint density at radius 1 is 1.22 bits per heavy atom. The fraction of sp³-hybridized carbons (Fsp3) is 0.333. The van der Waals surface area contributed by atoms with Gasteiger partial charge in [0.05, 0.1) is 0 Å². The molecule has 1 saturated heterocycles. The first-order valence-electron chi connectivity index (χ1n) is 7.97. The lowest BCUT2D eigenvalue weighted by atomic mass is 10.0. The molecular formula is C18H21N3O2. The predicted molar refractivity (Wildman–Crippen MR) is 88.5 cm³/mol. The molecule has 120 valence electrons. The van der Waals surface area contributed by atoms with Gasteiger partial charge < -0.3 is 15.4 Å². The van der Waals surface area contributed by atoms with E-state index in [1.807, 2.05) is 23.1 Å². The molecule has 3 rings (SSSR count). The molecule has 1 aromatic heterocycles. The van der Waals surface area contributed by atoms with Crippen LogP contribution in [0.15, 0.2) is 48.8 Å². The van der Waals surface area contributed by atoms with Crippen molar-refractivity contribution in [3.63, 3.8) is 0 Å². The van der Waals surface area contributed by atoms with E-state index in [9.17, 15) is 4.79 Å². The first-order chi connectivity index (χ1) is 11.3. The Hall–Kier alpha value is -2.40. The second-order valence-electron chi connectivity index (χ2n) is 5.70. The Kier molecular flexibility index (Phi) is 4.88. The van der Waals surface area contributed by atoms with Gasteiger partial charge in [0, 0.05) is 37.1 Å². The maximum absolute atomic E-state index is 12.8. The molecule has 5 heteroatoms. The molecule has 0 aliphatic carbocycles. The smallest absolute Gasteiger partial charge is 0.254 e. The molecule has 1 unspecified atom stereocenters. The summed E-state index contributed by atoms with van der Waals surface area (Å²) in [5, 5.41) is 0. The first kappa shape index (κ1) is 15.5. The summed E-state index contributed by atoms with van der Waals surface area (Å²) in [6, 6.07) is 11.0. The molecule has 5 nitrogen and oxygen atoms in total. The average Bonchev–Trinajstić information content (AvgIpc) is 2.62. The maximum Gasteiger partial charge on any atom is 0.254 e. The van der Waals surface area contributed by atoms with Crippen LogP contribution in [0.3, 0.4) is 0 Å². The zero-order valence-corrected chi connectivity index (χ0v) is 13.0. The van der Waals surface area contributed by atoms with E-state index >= 15 is 0 Å². The van der Waals surface area contributed by atoms with E-state index in [-0.39, 0.29) is 11.9 Å². The average molecular weight is 311 g/mol. The summed E-state index contributed by atoms with van der Waals surface area (Å²) in [4.78, 5) is 18.6. The first-order valence-corrected chi connectivity index (χ1v) is 7.97. The van der Waals surface area contributed by atoms with Gasteiger partial charge in [-0.05, 0) is 49.6 Å². The number of nitrogens with two attached hydrogens (primary N) is 1. The number of benzene rings is 1. The van der Waals surface area contributed by atoms with Gasteiger partial charge in [0.25, 0.3) is 5.91 Å². The molecule has 1 aliphatic heterocycles. The van der Waals surface area contributed by atoms with Gasteiger partial charge >= 0.3 is 0 Å². The minimum atomic E-state index is 0.0281. The number of piperidine rings is 1. The summed E-state index contributed by atoms with van der Waals surface area (Å²) in [6.45, 7) is 1.29. The van der Waals surface area contributed by atoms with Crippen LogP contribution in [-0.2, 0) is 0 Å². The van der Waals surface area contributed by atoms with E-state index in [0.717, 1.165) is 25.8 Å². The van der Waals surface area contributed by atoms with Crippen LogP contribution in [0.1, 0.15) is 29.6 Å². The van der Waals surface area contributed by atoms with Crippen LogP contribution in [-0.4, -0.2) is 34.9 Å². The molecule has 0 saturated carbocycles. The summed E-state index contributed by atoms with van der Waals surface area (Å²) >= 11 is 0. The Balaban J connectivity index is 1.77. The predicted octanol–water partition coefficient (Wildman–Crippen LogP) is 2.83. The Labute approximate surface area is 136 Å². The highest BCUT2D eigenvalue weighted by atomic mass is 16.5. The number of likely N-dealkylation sites (tertiary alicyclic amines) is 1. The lowest BCUT2D eigenvalue weighted by Crippen LogP contribution is -2.47. The summed E-state index contributed by atoms with van der Waals surface area (Å²) in [7, 11) is 0. The summed E-state index contributed by atoms with van der Waals surface area (Å²) in [5.41, 5.74) is 6.45. The van der Waals surface area contributed by atoms with Crippen LogP contribution in [0.2, 0.25) is 0 Å². The number of ether oxygens (including phenoxy) is 1. The summed E-state index contributed by atoms with van der Waals surface area (Å²) in [6.07, 6.45) is 6.50. The number of amides is 1. The highest BCUT2D eigenvalue weighted by Crippen LogP contribution is 2.24. The molecule has 1 fully saturated rings. The normalized spacial score (nSPS) is 17.8. The number of carbonyl (C=O) groups excluding carboxylic acids is 1. The Bertz CT molecular complexity index is 660. The standard InChI is InChI=1S/C18H21N3O2/c19-13-15-5-1-2-11-21(15)18(22)14-4-3-6-17(12-14)23-16-7-9-20-10-8-16/h3-4,6-10,12,15H,1-2,5,11,13,19H2. The molecule has 1 amide bonds. The van der Waals surface area contributed by atoms with Crippen molar-refractivity contribution < 1.29 is 9.53 Å². The fourth-order valence-corrected chi connectivity index (χ4v) is 2.91. The molecule has 2 aromatic rings. The summed E-state index contributed by atoms with van der Waals surface area (Å²) < 4.78 is 5.77. The molecule has 2 heterocycles. The molecule has 0 bridgehead atoms. The number of rotatable bonds is 4. The summed E-state index contributed by atoms with van der Waals surface area (Å²) in [5.74, 6) is 1.37. The van der Waals surface area contributed by atoms with E-state index in [4.69, 9.17) is 10.5 Å². The van der Waals surface area contributed by atoms with Gasteiger partial charge in [-0.15, -0.1) is 0 Å². The minimum absolute atomic E-state index is 0.0281. The molecule has 1 aliphatic rings. The number of aromatic nitrogens is 1. The van der Waals surface area contributed by atoms with Gasteiger partial charge in [0.1, 0.15) is 11.5 Å². The number of carbonyl (C=O) groups is 1. The molecular weight excluding hydrogens is 290 g/mol. The van der Waals surface area contributed by atoms with Crippen molar-refractivity contribution in [1.82, 2.24) is 9.88 Å². The molecule has 1 atom stereocenters. The van der Waals surface area contributed by atoms with Crippen LogP contribution < -0.4 is 10.5 Å². The van der Waals surface area contributed by atoms with Gasteiger partial charge in [-0.3, -0.25) is 9.78 Å². The van der Waals surface area contributed by atoms with Crippen LogP contribution >= 0.6 is 0 Å². The zero-order valence-electron chi connectivity index (χ0n) is 13.0. The van der Waals surface area contributed by atoms with E-state index in [0.29, 0.717) is 23.6 Å². The van der Waals surface area contributed by atoms with Crippen molar-refractivity contribution in [3.8, 4) is 11.5 Å². The van der Waals surface area contributed by atoms with E-state index < -0.39 is 0 Å². The third kappa shape index (κ3) is 3.68. The Morgan fingerprint density at radius 3 is 2.83 bits per heavy atom. The molecule has 0 spiro atoms. The van der Waals surface area contributed by atoms with Crippen molar-refractivity contribution in [2.24, 2.45) is 5.73 Å². The molecule has 0 radical (unpaired) electrons. The van der Waals surface area contributed by atoms with Crippen molar-refractivity contribution >= 4 is 5.91 Å². The number of hydrogen-bond donors (Lipinski definition) is 1. The lowest BCUT2D eigenvalue weighted by Gasteiger charge is -2.35. The number of pyridine rings is 1. The second-order valence-corrected chi connectivity index (χ2v) is 5.70. The van der Waals surface area contributed by atoms with Gasteiger partial charge in [-0.25, -0.2) is 0 Å². The number of hydrogen-bond acceptors (Lipinski definition) is 4. The van der Waals surface area contributed by atoms with Gasteiger partial charge in [-0.1, -0.05) is 6.07 Å². The highest BCUT2D eigenvalue weighted by Gasteiger charge is 2.26. The van der Waals surface area contributed by atoms with Gasteiger partial charge in [0.2, 0.25) is 0 Å². The van der Waals surface area contributed by atoms with Crippen molar-refractivity contribution in [2.75, 3.05) is 13.1 Å². The second kappa shape index (κ2) is 7.24. The third-order valence-electron chi connectivity index (χ3n) is 4.13. The highest BCUT2D eigenvalue weighted by molar-refractivity contribution is 5.95. The topological polar surface area (TPSA) is 68.5 Å². The molecule has 1 aromatic carbocycles. The fourth-order valence-electron chi connectivity index (χ4n) is 2.91. The van der Waals surface area contributed by atoms with E-state index in [2.05, 4.69) is 4.98 Å². The van der Waals surface area contributed by atoms with Crippen LogP contribution in [0.4, 0.5) is 0 Å².